The van der Waals surface area contributed by atoms with Crippen LogP contribution in [0.1, 0.15) is 49.5 Å². The Morgan fingerprint density at radius 2 is 1.95 bits per heavy atom. The molecule has 0 spiro atoms. The fourth-order valence-electron chi connectivity index (χ4n) is 3.91. The molecule has 0 saturated carbocycles. The third kappa shape index (κ3) is 1.98. The van der Waals surface area contributed by atoms with Gasteiger partial charge < -0.3 is 4.90 Å². The second kappa shape index (κ2) is 4.66. The maximum absolute atomic E-state index is 12.9. The molecule has 0 N–H and O–H groups in total. The molecule has 1 aromatic rings. The highest BCUT2D eigenvalue weighted by Crippen LogP contribution is 2.38. The molecule has 2 heterocycles. The Hall–Kier alpha value is -1.31. The van der Waals surface area contributed by atoms with Crippen LogP contribution in [0.4, 0.5) is 0 Å². The molecule has 3 atom stereocenters. The number of nitrogens with zero attached hydrogens (tertiary/aromatic N) is 1. The van der Waals surface area contributed by atoms with Crippen molar-refractivity contribution in [1.82, 2.24) is 4.90 Å². The quantitative estimate of drug-likeness (QED) is 0.754. The van der Waals surface area contributed by atoms with E-state index in [0.717, 1.165) is 12.0 Å². The molecule has 0 aliphatic carbocycles. The monoisotopic (exact) mass is 257 g/mol. The number of rotatable bonds is 1. The van der Waals surface area contributed by atoms with E-state index in [-0.39, 0.29) is 5.91 Å². The summed E-state index contributed by atoms with van der Waals surface area (Å²) in [5, 5.41) is 0. The third-order valence-electron chi connectivity index (χ3n) is 4.92. The number of hydrogen-bond acceptors (Lipinski definition) is 1. The molecule has 0 radical (unpaired) electrons. The van der Waals surface area contributed by atoms with Gasteiger partial charge in [-0.3, -0.25) is 4.79 Å². The van der Waals surface area contributed by atoms with Crippen molar-refractivity contribution >= 4 is 5.91 Å². The molecule has 3 rings (SSSR count). The molecule has 1 fully saturated rings. The molecule has 1 amide bonds. The molecule has 19 heavy (non-hydrogen) atoms. The van der Waals surface area contributed by atoms with Gasteiger partial charge >= 0.3 is 0 Å². The van der Waals surface area contributed by atoms with Gasteiger partial charge in [0, 0.05) is 17.6 Å². The van der Waals surface area contributed by atoms with Gasteiger partial charge in [0.1, 0.15) is 0 Å². The van der Waals surface area contributed by atoms with Crippen LogP contribution in [0.25, 0.3) is 0 Å². The van der Waals surface area contributed by atoms with E-state index in [0.29, 0.717) is 23.9 Å². The van der Waals surface area contributed by atoms with Crippen LogP contribution in [-0.4, -0.2) is 22.9 Å². The van der Waals surface area contributed by atoms with Crippen LogP contribution < -0.4 is 0 Å². The highest BCUT2D eigenvalue weighted by Gasteiger charge is 2.43. The summed E-state index contributed by atoms with van der Waals surface area (Å²) in [5.41, 5.74) is 2.17. The standard InChI is InChI=1S/C17H23NO/c1-11(2)15-8-9-16-12(3)10-13-6-4-5-7-14(13)17(19)18(15)16/h4-7,11-12,15-16H,8-10H2,1-3H3/t12-,15-,16+/m1/s1. The van der Waals surface area contributed by atoms with Gasteiger partial charge in [0.05, 0.1) is 0 Å². The number of carbonyl (C=O) groups excluding carboxylic acids is 1. The largest absolute Gasteiger partial charge is 0.332 e. The van der Waals surface area contributed by atoms with E-state index in [1.165, 1.54) is 18.4 Å². The second-order valence-corrected chi connectivity index (χ2v) is 6.51. The lowest BCUT2D eigenvalue weighted by Gasteiger charge is -2.33. The second-order valence-electron chi connectivity index (χ2n) is 6.51. The van der Waals surface area contributed by atoms with Crippen molar-refractivity contribution in [2.24, 2.45) is 11.8 Å². The van der Waals surface area contributed by atoms with E-state index in [4.69, 9.17) is 0 Å². The zero-order valence-corrected chi connectivity index (χ0v) is 12.1. The third-order valence-corrected chi connectivity index (χ3v) is 4.92. The summed E-state index contributed by atoms with van der Waals surface area (Å²) in [7, 11) is 0. The van der Waals surface area contributed by atoms with Gasteiger partial charge in [-0.1, -0.05) is 39.0 Å². The van der Waals surface area contributed by atoms with Crippen LogP contribution in [0.3, 0.4) is 0 Å². The summed E-state index contributed by atoms with van der Waals surface area (Å²) in [6.07, 6.45) is 3.37. The van der Waals surface area contributed by atoms with Gasteiger partial charge in [-0.25, -0.2) is 0 Å². The first-order valence-corrected chi connectivity index (χ1v) is 7.50. The zero-order valence-electron chi connectivity index (χ0n) is 12.1. The molecule has 2 heteroatoms. The Labute approximate surface area is 115 Å². The minimum Gasteiger partial charge on any atom is -0.332 e. The fourth-order valence-corrected chi connectivity index (χ4v) is 3.91. The minimum atomic E-state index is 0.265. The molecule has 2 nitrogen and oxygen atoms in total. The number of carbonyl (C=O) groups is 1. The van der Waals surface area contributed by atoms with Crippen LogP contribution in [0.15, 0.2) is 24.3 Å². The summed E-state index contributed by atoms with van der Waals surface area (Å²) >= 11 is 0. The van der Waals surface area contributed by atoms with Crippen molar-refractivity contribution in [2.75, 3.05) is 0 Å². The molecule has 1 saturated heterocycles. The van der Waals surface area contributed by atoms with Crippen molar-refractivity contribution in [3.8, 4) is 0 Å². The van der Waals surface area contributed by atoms with E-state index in [1.807, 2.05) is 12.1 Å². The number of benzene rings is 1. The average Bonchev–Trinajstić information content (AvgIpc) is 2.79. The highest BCUT2D eigenvalue weighted by molar-refractivity contribution is 5.96. The number of hydrogen-bond donors (Lipinski definition) is 0. The first-order chi connectivity index (χ1) is 9.09. The van der Waals surface area contributed by atoms with E-state index >= 15 is 0 Å². The van der Waals surface area contributed by atoms with Gasteiger partial charge in [0.25, 0.3) is 5.91 Å². The average molecular weight is 257 g/mol. The lowest BCUT2D eigenvalue weighted by atomic mass is 9.92. The normalized spacial score (nSPS) is 30.2. The highest BCUT2D eigenvalue weighted by atomic mass is 16.2. The molecule has 2 aliphatic rings. The predicted octanol–water partition coefficient (Wildman–Crippen LogP) is 3.51. The Morgan fingerprint density at radius 3 is 2.68 bits per heavy atom. The lowest BCUT2D eigenvalue weighted by Crippen LogP contribution is -2.44. The maximum atomic E-state index is 12.9. The first-order valence-electron chi connectivity index (χ1n) is 7.50. The summed E-state index contributed by atoms with van der Waals surface area (Å²) in [6.45, 7) is 6.78. The SMILES string of the molecule is CC(C)[C@H]1CC[C@H]2[C@H](C)Cc3ccccc3C(=O)N12. The van der Waals surface area contributed by atoms with Crippen LogP contribution in [0.2, 0.25) is 0 Å². The molecule has 102 valence electrons. The van der Waals surface area contributed by atoms with Crippen molar-refractivity contribution < 1.29 is 4.79 Å². The van der Waals surface area contributed by atoms with Crippen LogP contribution in [0, 0.1) is 11.8 Å². The fraction of sp³-hybridized carbons (Fsp3) is 0.588. The number of fused-ring (bicyclic) bond motifs is 2. The van der Waals surface area contributed by atoms with Crippen LogP contribution in [0.5, 0.6) is 0 Å². The molecular formula is C17H23NO. The van der Waals surface area contributed by atoms with Crippen molar-refractivity contribution in [3.63, 3.8) is 0 Å². The van der Waals surface area contributed by atoms with E-state index in [1.54, 1.807) is 0 Å². The summed E-state index contributed by atoms with van der Waals surface area (Å²) in [6, 6.07) is 9.02. The Morgan fingerprint density at radius 1 is 1.21 bits per heavy atom. The first kappa shape index (κ1) is 12.7. The topological polar surface area (TPSA) is 20.3 Å². The molecule has 1 aromatic carbocycles. The van der Waals surface area contributed by atoms with Crippen LogP contribution in [-0.2, 0) is 6.42 Å². The Kier molecular flexibility index (Phi) is 3.12. The summed E-state index contributed by atoms with van der Waals surface area (Å²) in [4.78, 5) is 15.1. The van der Waals surface area contributed by atoms with E-state index in [9.17, 15) is 4.79 Å². The minimum absolute atomic E-state index is 0.265. The molecule has 0 bridgehead atoms. The maximum Gasteiger partial charge on any atom is 0.254 e. The van der Waals surface area contributed by atoms with Gasteiger partial charge in [-0.05, 0) is 42.7 Å². The summed E-state index contributed by atoms with van der Waals surface area (Å²) in [5.74, 6) is 1.38. The Bertz CT molecular complexity index is 494. The smallest absolute Gasteiger partial charge is 0.254 e. The van der Waals surface area contributed by atoms with Gasteiger partial charge in [0.15, 0.2) is 0 Å². The van der Waals surface area contributed by atoms with Gasteiger partial charge in [-0.2, -0.15) is 0 Å². The van der Waals surface area contributed by atoms with Gasteiger partial charge in [0.2, 0.25) is 0 Å². The predicted molar refractivity (Wildman–Crippen MR) is 77.1 cm³/mol. The van der Waals surface area contributed by atoms with E-state index < -0.39 is 0 Å². The van der Waals surface area contributed by atoms with Gasteiger partial charge in [-0.15, -0.1) is 0 Å². The molecule has 0 aromatic heterocycles. The Balaban J connectivity index is 2.05. The van der Waals surface area contributed by atoms with Crippen molar-refractivity contribution in [1.29, 1.82) is 0 Å². The van der Waals surface area contributed by atoms with Crippen LogP contribution >= 0.6 is 0 Å². The number of amides is 1. The molecule has 2 aliphatic heterocycles. The summed E-state index contributed by atoms with van der Waals surface area (Å²) < 4.78 is 0. The zero-order chi connectivity index (χ0) is 13.6. The van der Waals surface area contributed by atoms with E-state index in [2.05, 4.69) is 37.8 Å². The lowest BCUT2D eigenvalue weighted by molar-refractivity contribution is 0.0585. The molecular weight excluding hydrogens is 234 g/mol. The molecule has 0 unspecified atom stereocenters. The van der Waals surface area contributed by atoms with Crippen molar-refractivity contribution in [2.45, 2.75) is 52.1 Å². The van der Waals surface area contributed by atoms with Crippen molar-refractivity contribution in [3.05, 3.63) is 35.4 Å².